The lowest BCUT2D eigenvalue weighted by molar-refractivity contribution is 0.120. The van der Waals surface area contributed by atoms with Crippen molar-refractivity contribution in [2.75, 3.05) is 13.1 Å². The van der Waals surface area contributed by atoms with Gasteiger partial charge in [-0.3, -0.25) is 0 Å². The van der Waals surface area contributed by atoms with E-state index >= 15 is 0 Å². The summed E-state index contributed by atoms with van der Waals surface area (Å²) in [5.41, 5.74) is 0. The molecule has 0 spiro atoms. The van der Waals surface area contributed by atoms with E-state index in [9.17, 15) is 13.2 Å². The van der Waals surface area contributed by atoms with Gasteiger partial charge in [-0.25, -0.2) is 9.52 Å². The van der Waals surface area contributed by atoms with Gasteiger partial charge in [0.1, 0.15) is 0 Å². The van der Waals surface area contributed by atoms with E-state index in [1.807, 2.05) is 10.8 Å². The van der Waals surface area contributed by atoms with Crippen LogP contribution in [0.25, 0.3) is 0 Å². The van der Waals surface area contributed by atoms with Gasteiger partial charge in [-0.15, -0.1) is 0 Å². The number of nitrogens with one attached hydrogen (secondary N) is 1. The van der Waals surface area contributed by atoms with Gasteiger partial charge >= 0.3 is 16.3 Å². The Morgan fingerprint density at radius 3 is 2.78 bits per heavy atom. The highest BCUT2D eigenvalue weighted by atomic mass is 32.2. The fourth-order valence-corrected chi connectivity index (χ4v) is 2.81. The number of piperidine rings is 1. The summed E-state index contributed by atoms with van der Waals surface area (Å²) >= 11 is 0. The van der Waals surface area contributed by atoms with Gasteiger partial charge in [-0.05, 0) is 26.7 Å². The maximum atomic E-state index is 11.8. The first-order chi connectivity index (χ1) is 8.35. The number of rotatable bonds is 3. The summed E-state index contributed by atoms with van der Waals surface area (Å²) in [4.78, 5) is 11.3. The first-order valence-electron chi connectivity index (χ1n) is 5.73. The van der Waals surface area contributed by atoms with Gasteiger partial charge in [0.25, 0.3) is 0 Å². The average Bonchev–Trinajstić information content (AvgIpc) is 2.27. The molecule has 18 heavy (non-hydrogen) atoms. The normalized spacial score (nSPS) is 21.3. The summed E-state index contributed by atoms with van der Waals surface area (Å²) < 4.78 is 31.3. The lowest BCUT2D eigenvalue weighted by Crippen LogP contribution is -2.48. The number of hydrogen-bond donors (Lipinski definition) is 1. The standard InChI is InChI=1S/C10H17N3O4S/c1-8(2)17-10(14)12-18(15,16)13-5-3-4-9(6-11)7-13/h8-9H,3-5,7H2,1-2H3,(H,12,14). The minimum absolute atomic E-state index is 0.112. The number of amides is 1. The van der Waals surface area contributed by atoms with Crippen LogP contribution in [0.15, 0.2) is 0 Å². The Morgan fingerprint density at radius 2 is 2.22 bits per heavy atom. The molecule has 0 aromatic heterocycles. The fraction of sp³-hybridized carbons (Fsp3) is 0.800. The molecule has 1 fully saturated rings. The zero-order valence-corrected chi connectivity index (χ0v) is 11.2. The molecule has 0 aromatic carbocycles. The third kappa shape index (κ3) is 4.16. The topological polar surface area (TPSA) is 99.5 Å². The Morgan fingerprint density at radius 1 is 1.56 bits per heavy atom. The van der Waals surface area contributed by atoms with Crippen molar-refractivity contribution < 1.29 is 17.9 Å². The smallest absolute Gasteiger partial charge is 0.422 e. The Labute approximate surface area is 107 Å². The molecule has 0 saturated carbocycles. The van der Waals surface area contributed by atoms with Crippen molar-refractivity contribution in [3.63, 3.8) is 0 Å². The van der Waals surface area contributed by atoms with E-state index in [-0.39, 0.29) is 12.5 Å². The molecule has 0 bridgehead atoms. The Kier molecular flexibility index (Phi) is 4.93. The summed E-state index contributed by atoms with van der Waals surface area (Å²) in [6.07, 6.45) is -0.102. The van der Waals surface area contributed by atoms with E-state index in [2.05, 4.69) is 0 Å². The molecule has 0 aliphatic carbocycles. The predicted molar refractivity (Wildman–Crippen MR) is 63.6 cm³/mol. The molecule has 1 saturated heterocycles. The highest BCUT2D eigenvalue weighted by molar-refractivity contribution is 7.87. The van der Waals surface area contributed by atoms with Crippen LogP contribution in [0.3, 0.4) is 0 Å². The van der Waals surface area contributed by atoms with Crippen LogP contribution >= 0.6 is 0 Å². The average molecular weight is 275 g/mol. The molecule has 1 amide bonds. The van der Waals surface area contributed by atoms with Gasteiger partial charge in [-0.2, -0.15) is 18.0 Å². The molecule has 1 heterocycles. The highest BCUT2D eigenvalue weighted by Crippen LogP contribution is 2.17. The quantitative estimate of drug-likeness (QED) is 0.813. The van der Waals surface area contributed by atoms with Gasteiger partial charge in [0.2, 0.25) is 0 Å². The molecule has 0 aromatic rings. The molecule has 0 radical (unpaired) electrons. The van der Waals surface area contributed by atoms with Crippen molar-refractivity contribution in [2.24, 2.45) is 5.92 Å². The molecular weight excluding hydrogens is 258 g/mol. The minimum Gasteiger partial charge on any atom is -0.446 e. The first kappa shape index (κ1) is 14.7. The summed E-state index contributed by atoms with van der Waals surface area (Å²) in [5.74, 6) is -0.323. The number of nitriles is 1. The lowest BCUT2D eigenvalue weighted by Gasteiger charge is -2.28. The second-order valence-corrected chi connectivity index (χ2v) is 6.06. The molecule has 1 rings (SSSR count). The van der Waals surface area contributed by atoms with Crippen LogP contribution in [0.2, 0.25) is 0 Å². The lowest BCUT2D eigenvalue weighted by atomic mass is 10.0. The first-order valence-corrected chi connectivity index (χ1v) is 7.17. The van der Waals surface area contributed by atoms with Crippen molar-refractivity contribution in [3.05, 3.63) is 0 Å². The number of nitrogens with zero attached hydrogens (tertiary/aromatic N) is 2. The van der Waals surface area contributed by atoms with Crippen LogP contribution < -0.4 is 4.72 Å². The zero-order valence-electron chi connectivity index (χ0n) is 10.4. The predicted octanol–water partition coefficient (Wildman–Crippen LogP) is 0.601. The summed E-state index contributed by atoms with van der Waals surface area (Å²) in [7, 11) is -3.91. The Hall–Kier alpha value is -1.33. The van der Waals surface area contributed by atoms with Gasteiger partial charge in [-0.1, -0.05) is 0 Å². The van der Waals surface area contributed by atoms with Gasteiger partial charge in [0.05, 0.1) is 18.1 Å². The van der Waals surface area contributed by atoms with Crippen LogP contribution in [-0.2, 0) is 14.9 Å². The van der Waals surface area contributed by atoms with E-state index in [4.69, 9.17) is 10.00 Å². The van der Waals surface area contributed by atoms with E-state index in [1.165, 1.54) is 0 Å². The zero-order chi connectivity index (χ0) is 13.8. The number of ether oxygens (including phenoxy) is 1. The van der Waals surface area contributed by atoms with E-state index in [0.29, 0.717) is 19.4 Å². The van der Waals surface area contributed by atoms with Crippen LogP contribution in [0.4, 0.5) is 4.79 Å². The van der Waals surface area contributed by atoms with Crippen molar-refractivity contribution in [2.45, 2.75) is 32.8 Å². The van der Waals surface area contributed by atoms with Crippen LogP contribution in [0.5, 0.6) is 0 Å². The number of carbonyl (C=O) groups is 1. The minimum atomic E-state index is -3.91. The van der Waals surface area contributed by atoms with Gasteiger partial charge < -0.3 is 4.74 Å². The molecule has 1 unspecified atom stereocenters. The molecular formula is C10H17N3O4S. The Bertz CT molecular complexity index is 441. The maximum Gasteiger partial charge on any atom is 0.422 e. The monoisotopic (exact) mass is 275 g/mol. The molecule has 102 valence electrons. The third-order valence-electron chi connectivity index (χ3n) is 2.46. The number of hydrogen-bond acceptors (Lipinski definition) is 5. The summed E-state index contributed by atoms with van der Waals surface area (Å²) in [6, 6.07) is 2.04. The number of carbonyl (C=O) groups excluding carboxylic acids is 1. The molecule has 1 N–H and O–H groups in total. The molecule has 7 nitrogen and oxygen atoms in total. The maximum absolute atomic E-state index is 11.8. The SMILES string of the molecule is CC(C)OC(=O)NS(=O)(=O)N1CCCC(C#N)C1. The second-order valence-electron chi connectivity index (χ2n) is 4.39. The fourth-order valence-electron chi connectivity index (χ4n) is 1.67. The summed E-state index contributed by atoms with van der Waals surface area (Å²) in [6.45, 7) is 3.67. The van der Waals surface area contributed by atoms with Gasteiger partial charge in [0, 0.05) is 13.1 Å². The van der Waals surface area contributed by atoms with Crippen molar-refractivity contribution in [1.82, 2.24) is 9.03 Å². The van der Waals surface area contributed by atoms with E-state index in [0.717, 1.165) is 4.31 Å². The van der Waals surface area contributed by atoms with Crippen molar-refractivity contribution in [1.29, 1.82) is 5.26 Å². The van der Waals surface area contributed by atoms with Gasteiger partial charge in [0.15, 0.2) is 0 Å². The van der Waals surface area contributed by atoms with Crippen molar-refractivity contribution >= 4 is 16.3 Å². The van der Waals surface area contributed by atoms with Crippen LogP contribution in [0, 0.1) is 17.2 Å². The van der Waals surface area contributed by atoms with E-state index in [1.54, 1.807) is 13.8 Å². The molecule has 1 aliphatic rings. The summed E-state index contributed by atoms with van der Waals surface area (Å²) in [5, 5.41) is 8.79. The molecule has 1 aliphatic heterocycles. The van der Waals surface area contributed by atoms with Crippen molar-refractivity contribution in [3.8, 4) is 6.07 Å². The van der Waals surface area contributed by atoms with E-state index < -0.39 is 22.4 Å². The largest absolute Gasteiger partial charge is 0.446 e. The van der Waals surface area contributed by atoms with Crippen LogP contribution in [-0.4, -0.2) is 38.0 Å². The molecule has 8 heteroatoms. The second kappa shape index (κ2) is 6.02. The Balaban J connectivity index is 2.63. The third-order valence-corrected chi connectivity index (χ3v) is 3.90. The molecule has 1 atom stereocenters. The highest BCUT2D eigenvalue weighted by Gasteiger charge is 2.30. The van der Waals surface area contributed by atoms with Crippen LogP contribution in [0.1, 0.15) is 26.7 Å².